The normalized spacial score (nSPS) is 27.6. The van der Waals surface area contributed by atoms with Gasteiger partial charge < -0.3 is 39.2 Å². The minimum atomic E-state index is -1.26. The average Bonchev–Trinajstić information content (AvgIpc) is 3.76. The highest BCUT2D eigenvalue weighted by Gasteiger charge is 2.77. The number of carbonyl (C=O) groups excluding carboxylic acids is 4. The maximum atomic E-state index is 14.8. The number of amides is 3. The number of aliphatic hydroxyl groups is 1. The maximum absolute atomic E-state index is 14.8. The number of fused-ring (bicyclic) bond motifs is 1. The van der Waals surface area contributed by atoms with E-state index in [4.69, 9.17) is 18.9 Å². The highest BCUT2D eigenvalue weighted by atomic mass is 79.9. The summed E-state index contributed by atoms with van der Waals surface area (Å²) in [4.78, 5) is 62.2. The standard InChI is InChI=1S/C39H55BrN4O9/c1-4-6-15-30(46)41-29(26-50-3)33(27-13-9-7-10-14-27)52-38(49)31-32-36(47)44(17-11-8-12-22-45)35(39(32)25-28(40)34(31)53-39)37(48)43(16-5-2)19-18-42-20-23-51-24-21-42/h4-5,7,9-10,13-14,28-29,31-35,45H,1-2,6,8,11-12,15-26H2,3H3,(H,41,46)/t28?,29-,31+,32-,33-,34+,35+,39-/m1/s1. The molecular formula is C39H55BrN4O9. The third kappa shape index (κ3) is 9.22. The molecule has 0 aliphatic carbocycles. The Kier molecular flexibility index (Phi) is 15.1. The van der Waals surface area contributed by atoms with E-state index in [9.17, 15) is 24.3 Å². The number of esters is 1. The minimum absolute atomic E-state index is 0.0306. The molecule has 2 N–H and O–H groups in total. The number of benzene rings is 1. The molecule has 4 saturated heterocycles. The van der Waals surface area contributed by atoms with Crippen LogP contribution in [0.2, 0.25) is 0 Å². The van der Waals surface area contributed by atoms with Crippen LogP contribution in [0.1, 0.15) is 50.2 Å². The number of methoxy groups -OCH3 is 1. The summed E-state index contributed by atoms with van der Waals surface area (Å²) in [6, 6.07) is 7.43. The fourth-order valence-corrected chi connectivity index (χ4v) is 9.26. The molecule has 0 saturated carbocycles. The Bertz CT molecular complexity index is 1430. The first-order valence-corrected chi connectivity index (χ1v) is 19.7. The zero-order valence-electron chi connectivity index (χ0n) is 30.7. The van der Waals surface area contributed by atoms with E-state index >= 15 is 0 Å². The number of ether oxygens (including phenoxy) is 4. The van der Waals surface area contributed by atoms with Gasteiger partial charge in [0.1, 0.15) is 17.7 Å². The second-order valence-corrected chi connectivity index (χ2v) is 15.4. The van der Waals surface area contributed by atoms with Crippen molar-refractivity contribution in [2.45, 2.75) is 73.2 Å². The van der Waals surface area contributed by atoms with Gasteiger partial charge in [-0.25, -0.2) is 0 Å². The van der Waals surface area contributed by atoms with Crippen LogP contribution in [0.4, 0.5) is 0 Å². The zero-order chi connectivity index (χ0) is 38.0. The van der Waals surface area contributed by atoms with Crippen LogP contribution in [0.5, 0.6) is 0 Å². The lowest BCUT2D eigenvalue weighted by Crippen LogP contribution is -2.57. The van der Waals surface area contributed by atoms with Gasteiger partial charge in [0.15, 0.2) is 0 Å². The Hall–Kier alpha value is -3.14. The highest BCUT2D eigenvalue weighted by molar-refractivity contribution is 9.09. The molecule has 292 valence electrons. The Balaban J connectivity index is 1.46. The molecule has 0 aromatic heterocycles. The third-order valence-electron chi connectivity index (χ3n) is 10.8. The van der Waals surface area contributed by atoms with Crippen molar-refractivity contribution >= 4 is 39.6 Å². The van der Waals surface area contributed by atoms with Crippen LogP contribution in [-0.2, 0) is 38.1 Å². The highest BCUT2D eigenvalue weighted by Crippen LogP contribution is 2.60. The van der Waals surface area contributed by atoms with E-state index in [1.165, 1.54) is 7.11 Å². The third-order valence-corrected chi connectivity index (χ3v) is 11.7. The largest absolute Gasteiger partial charge is 0.455 e. The summed E-state index contributed by atoms with van der Waals surface area (Å²) in [5, 5.41) is 12.4. The van der Waals surface area contributed by atoms with Gasteiger partial charge in [0, 0.05) is 64.2 Å². The zero-order valence-corrected chi connectivity index (χ0v) is 32.3. The van der Waals surface area contributed by atoms with Gasteiger partial charge in [-0.1, -0.05) is 58.4 Å². The average molecular weight is 804 g/mol. The molecule has 3 amide bonds. The van der Waals surface area contributed by atoms with Crippen molar-refractivity contribution in [1.82, 2.24) is 20.0 Å². The number of aliphatic hydroxyl groups excluding tert-OH is 1. The van der Waals surface area contributed by atoms with Gasteiger partial charge in [0.2, 0.25) is 17.7 Å². The summed E-state index contributed by atoms with van der Waals surface area (Å²) < 4.78 is 24.1. The van der Waals surface area contributed by atoms with Crippen molar-refractivity contribution in [3.05, 3.63) is 61.2 Å². The van der Waals surface area contributed by atoms with Crippen LogP contribution in [0.25, 0.3) is 0 Å². The molecule has 14 heteroatoms. The Labute approximate surface area is 321 Å². The number of nitrogens with zero attached hydrogens (tertiary/aromatic N) is 3. The van der Waals surface area contributed by atoms with Crippen molar-refractivity contribution in [3.8, 4) is 0 Å². The molecule has 4 fully saturated rings. The van der Waals surface area contributed by atoms with Crippen molar-refractivity contribution in [1.29, 1.82) is 0 Å². The van der Waals surface area contributed by atoms with Crippen LogP contribution in [-0.4, -0.2) is 145 Å². The molecule has 1 aromatic rings. The van der Waals surface area contributed by atoms with Gasteiger partial charge in [-0.2, -0.15) is 0 Å². The second-order valence-electron chi connectivity index (χ2n) is 14.2. The number of rotatable bonds is 21. The van der Waals surface area contributed by atoms with Crippen LogP contribution in [0.3, 0.4) is 0 Å². The van der Waals surface area contributed by atoms with Gasteiger partial charge in [0.25, 0.3) is 0 Å². The Morgan fingerprint density at radius 1 is 1.13 bits per heavy atom. The lowest BCUT2D eigenvalue weighted by atomic mass is 9.70. The van der Waals surface area contributed by atoms with Crippen molar-refractivity contribution < 1.29 is 43.2 Å². The van der Waals surface area contributed by atoms with Gasteiger partial charge >= 0.3 is 5.97 Å². The molecule has 4 aliphatic rings. The molecular weight excluding hydrogens is 748 g/mol. The Morgan fingerprint density at radius 2 is 1.89 bits per heavy atom. The number of hydrogen-bond donors (Lipinski definition) is 2. The van der Waals surface area contributed by atoms with Crippen LogP contribution in [0, 0.1) is 11.8 Å². The summed E-state index contributed by atoms with van der Waals surface area (Å²) >= 11 is 3.76. The van der Waals surface area contributed by atoms with E-state index in [2.05, 4.69) is 39.3 Å². The molecule has 2 bridgehead atoms. The van der Waals surface area contributed by atoms with E-state index < -0.39 is 47.7 Å². The maximum Gasteiger partial charge on any atom is 0.313 e. The van der Waals surface area contributed by atoms with Crippen molar-refractivity contribution in [3.63, 3.8) is 0 Å². The molecule has 4 aliphatic heterocycles. The van der Waals surface area contributed by atoms with E-state index in [1.54, 1.807) is 22.0 Å². The number of morpholine rings is 1. The van der Waals surface area contributed by atoms with Gasteiger partial charge in [-0.05, 0) is 37.7 Å². The molecule has 0 radical (unpaired) electrons. The van der Waals surface area contributed by atoms with Gasteiger partial charge in [-0.3, -0.25) is 24.1 Å². The quantitative estimate of drug-likeness (QED) is 0.0824. The van der Waals surface area contributed by atoms with E-state index in [0.29, 0.717) is 64.0 Å². The predicted octanol–water partition coefficient (Wildman–Crippen LogP) is 2.63. The topological polar surface area (TPSA) is 147 Å². The first-order chi connectivity index (χ1) is 25.7. The fraction of sp³-hybridized carbons (Fsp3) is 0.641. The molecule has 53 heavy (non-hydrogen) atoms. The second kappa shape index (κ2) is 19.4. The van der Waals surface area contributed by atoms with E-state index in [-0.39, 0.29) is 55.3 Å². The number of unbranched alkanes of at least 4 members (excludes halogenated alkanes) is 2. The molecule has 1 spiro atoms. The molecule has 13 nitrogen and oxygen atoms in total. The minimum Gasteiger partial charge on any atom is -0.455 e. The number of carbonyl (C=O) groups is 4. The van der Waals surface area contributed by atoms with Crippen molar-refractivity contribution in [2.75, 3.05) is 72.8 Å². The monoisotopic (exact) mass is 802 g/mol. The lowest BCUT2D eigenvalue weighted by Gasteiger charge is -2.38. The number of halogens is 1. The van der Waals surface area contributed by atoms with Crippen LogP contribution < -0.4 is 5.32 Å². The lowest BCUT2D eigenvalue weighted by molar-refractivity contribution is -0.163. The number of allylic oxidation sites excluding steroid dienone is 1. The molecule has 4 heterocycles. The number of hydrogen-bond acceptors (Lipinski definition) is 10. The summed E-state index contributed by atoms with van der Waals surface area (Å²) in [6.07, 6.45) is 4.56. The molecule has 1 unspecified atom stereocenters. The van der Waals surface area contributed by atoms with E-state index in [1.807, 2.05) is 30.3 Å². The summed E-state index contributed by atoms with van der Waals surface area (Å²) in [5.74, 6) is -3.40. The predicted molar refractivity (Wildman–Crippen MR) is 201 cm³/mol. The summed E-state index contributed by atoms with van der Waals surface area (Å²) in [5.41, 5.74) is -0.614. The Morgan fingerprint density at radius 3 is 2.57 bits per heavy atom. The van der Waals surface area contributed by atoms with E-state index in [0.717, 1.165) is 13.1 Å². The first kappa shape index (κ1) is 41.0. The molecule has 5 rings (SSSR count). The molecule has 1 aromatic carbocycles. The smallest absolute Gasteiger partial charge is 0.313 e. The SMILES string of the molecule is C=CCCC(=O)N[C@H](COC)[C@H](OC(=O)[C@@H]1[C@H]2O[C@@]3(CC2Br)[C@H](C(=O)N(CC=C)CCN2CCOCC2)N(CCCCCO)C(=O)[C@@H]13)c1ccccc1. The van der Waals surface area contributed by atoms with Crippen LogP contribution >= 0.6 is 15.9 Å². The fourth-order valence-electron chi connectivity index (χ4n) is 8.32. The summed E-state index contributed by atoms with van der Waals surface area (Å²) in [7, 11) is 1.51. The first-order valence-electron chi connectivity index (χ1n) is 18.8. The summed E-state index contributed by atoms with van der Waals surface area (Å²) in [6.45, 7) is 12.2. The van der Waals surface area contributed by atoms with Crippen molar-refractivity contribution in [2.24, 2.45) is 11.8 Å². The van der Waals surface area contributed by atoms with Crippen LogP contribution in [0.15, 0.2) is 55.6 Å². The number of likely N-dealkylation sites (tertiary alicyclic amines) is 1. The van der Waals surface area contributed by atoms with Gasteiger partial charge in [-0.15, -0.1) is 13.2 Å². The van der Waals surface area contributed by atoms with Gasteiger partial charge in [0.05, 0.1) is 43.8 Å². The number of nitrogens with one attached hydrogen (secondary N) is 1. The number of alkyl halides is 1. The molecule has 8 atom stereocenters.